The molecule has 1 aromatic heterocycles. The molecule has 0 spiro atoms. The first-order chi connectivity index (χ1) is 12.6. The molecule has 0 aliphatic rings. The van der Waals surface area contributed by atoms with Gasteiger partial charge in [-0.15, -0.1) is 0 Å². The zero-order valence-corrected chi connectivity index (χ0v) is 14.3. The summed E-state index contributed by atoms with van der Waals surface area (Å²) in [6.07, 6.45) is 0.843. The van der Waals surface area contributed by atoms with Crippen molar-refractivity contribution in [3.63, 3.8) is 0 Å². The second-order valence-electron chi connectivity index (χ2n) is 5.77. The Labute approximate surface area is 149 Å². The van der Waals surface area contributed by atoms with Gasteiger partial charge in [0.05, 0.1) is 23.1 Å². The largest absolute Gasteiger partial charge is 0.491 e. The van der Waals surface area contributed by atoms with Gasteiger partial charge < -0.3 is 10.1 Å². The summed E-state index contributed by atoms with van der Waals surface area (Å²) in [5, 5.41) is 5.73. The van der Waals surface area contributed by atoms with Crippen LogP contribution in [0.25, 0.3) is 10.8 Å². The molecular weight excluding hydrogens is 334 g/mol. The highest BCUT2D eigenvalue weighted by molar-refractivity contribution is 5.92. The van der Waals surface area contributed by atoms with E-state index in [-0.39, 0.29) is 11.9 Å². The van der Waals surface area contributed by atoms with E-state index in [9.17, 15) is 14.4 Å². The Morgan fingerprint density at radius 3 is 2.54 bits per heavy atom. The quantitative estimate of drug-likeness (QED) is 0.710. The van der Waals surface area contributed by atoms with Crippen molar-refractivity contribution in [2.45, 2.75) is 19.9 Å². The summed E-state index contributed by atoms with van der Waals surface area (Å²) in [4.78, 5) is 36.9. The van der Waals surface area contributed by atoms with E-state index in [2.05, 4.69) is 10.4 Å². The number of ether oxygens (including phenoxy) is 1. The van der Waals surface area contributed by atoms with E-state index in [0.29, 0.717) is 23.4 Å². The van der Waals surface area contributed by atoms with Crippen LogP contribution in [0.5, 0.6) is 5.75 Å². The van der Waals surface area contributed by atoms with Gasteiger partial charge in [-0.2, -0.15) is 0 Å². The average molecular weight is 353 g/mol. The number of fused-ring (bicyclic) bond motifs is 1. The molecule has 0 unspecified atom stereocenters. The number of anilines is 1. The zero-order valence-electron chi connectivity index (χ0n) is 14.3. The minimum atomic E-state index is -0.439. The van der Waals surface area contributed by atoms with Gasteiger partial charge in [-0.1, -0.05) is 31.2 Å². The molecule has 134 valence electrons. The molecule has 0 fully saturated rings. The number of nitrogens with zero attached hydrogens (tertiary/aromatic N) is 1. The highest BCUT2D eigenvalue weighted by Crippen LogP contribution is 2.23. The number of benzene rings is 2. The van der Waals surface area contributed by atoms with Crippen LogP contribution in [0, 0.1) is 0 Å². The summed E-state index contributed by atoms with van der Waals surface area (Å²) in [6.45, 7) is 2.22. The van der Waals surface area contributed by atoms with Gasteiger partial charge in [-0.25, -0.2) is 4.68 Å². The van der Waals surface area contributed by atoms with Gasteiger partial charge in [0.15, 0.2) is 0 Å². The Morgan fingerprint density at radius 2 is 1.77 bits per heavy atom. The molecule has 0 atom stereocenters. The highest BCUT2D eigenvalue weighted by atomic mass is 16.5. The van der Waals surface area contributed by atoms with Crippen molar-refractivity contribution in [1.82, 2.24) is 9.78 Å². The van der Waals surface area contributed by atoms with E-state index >= 15 is 0 Å². The smallest absolute Gasteiger partial charge is 0.273 e. The summed E-state index contributed by atoms with van der Waals surface area (Å²) in [5.41, 5.74) is -0.326. The van der Waals surface area contributed by atoms with Crippen LogP contribution in [0.1, 0.15) is 13.3 Å². The predicted octanol–water partition coefficient (Wildman–Crippen LogP) is 2.12. The van der Waals surface area contributed by atoms with E-state index in [0.717, 1.165) is 11.1 Å². The van der Waals surface area contributed by atoms with Crippen molar-refractivity contribution in [2.75, 3.05) is 11.9 Å². The molecule has 3 aromatic rings. The standard InChI is InChI=1S/C19H19N3O4/c1-2-11-26-16-10-6-5-9-15(16)20-17(23)12-22-19(25)14-8-4-3-7-13(14)18(24)21-22/h3-10H,2,11-12H2,1H3,(H,20,23)(H,21,24). The lowest BCUT2D eigenvalue weighted by atomic mass is 10.2. The molecule has 0 aliphatic carbocycles. The van der Waals surface area contributed by atoms with Crippen LogP contribution in [0.15, 0.2) is 58.1 Å². The average Bonchev–Trinajstić information content (AvgIpc) is 2.65. The van der Waals surface area contributed by atoms with Crippen molar-refractivity contribution in [1.29, 1.82) is 0 Å². The fourth-order valence-electron chi connectivity index (χ4n) is 2.60. The van der Waals surface area contributed by atoms with Crippen molar-refractivity contribution in [3.8, 4) is 5.75 Å². The Balaban J connectivity index is 1.84. The molecular formula is C19H19N3O4. The Kier molecular flexibility index (Phi) is 5.17. The van der Waals surface area contributed by atoms with Crippen molar-refractivity contribution >= 4 is 22.4 Å². The first kappa shape index (κ1) is 17.5. The second-order valence-corrected chi connectivity index (χ2v) is 5.77. The fraction of sp³-hybridized carbons (Fsp3) is 0.211. The van der Waals surface area contributed by atoms with E-state index in [1.54, 1.807) is 42.5 Å². The summed E-state index contributed by atoms with van der Waals surface area (Å²) >= 11 is 0. The molecule has 2 aromatic carbocycles. The summed E-state index contributed by atoms with van der Waals surface area (Å²) in [5.74, 6) is 0.118. The lowest BCUT2D eigenvalue weighted by Gasteiger charge is -2.12. The lowest BCUT2D eigenvalue weighted by Crippen LogP contribution is -2.34. The second kappa shape index (κ2) is 7.69. The van der Waals surface area contributed by atoms with E-state index in [4.69, 9.17) is 4.74 Å². The Morgan fingerprint density at radius 1 is 1.08 bits per heavy atom. The number of aromatic amines is 1. The van der Waals surface area contributed by atoms with Crippen LogP contribution in [-0.2, 0) is 11.3 Å². The molecule has 0 saturated carbocycles. The minimum absolute atomic E-state index is 0.274. The van der Waals surface area contributed by atoms with Crippen molar-refractivity contribution in [3.05, 3.63) is 69.2 Å². The summed E-state index contributed by atoms with van der Waals surface area (Å²) < 4.78 is 6.61. The van der Waals surface area contributed by atoms with Crippen LogP contribution in [0.4, 0.5) is 5.69 Å². The monoisotopic (exact) mass is 353 g/mol. The number of rotatable bonds is 6. The van der Waals surface area contributed by atoms with Gasteiger partial charge in [0.1, 0.15) is 12.3 Å². The first-order valence-corrected chi connectivity index (χ1v) is 8.33. The third kappa shape index (κ3) is 3.66. The normalized spacial score (nSPS) is 10.7. The molecule has 3 rings (SSSR count). The Bertz CT molecular complexity index is 1050. The molecule has 7 nitrogen and oxygen atoms in total. The third-order valence-corrected chi connectivity index (χ3v) is 3.81. The number of carbonyl (C=O) groups is 1. The van der Waals surface area contributed by atoms with Gasteiger partial charge in [0.2, 0.25) is 5.91 Å². The van der Waals surface area contributed by atoms with Crippen LogP contribution < -0.4 is 21.2 Å². The molecule has 0 bridgehead atoms. The fourth-order valence-corrected chi connectivity index (χ4v) is 2.60. The van der Waals surface area contributed by atoms with Gasteiger partial charge in [0.25, 0.3) is 11.1 Å². The third-order valence-electron chi connectivity index (χ3n) is 3.81. The number of hydrogen-bond donors (Lipinski definition) is 2. The summed E-state index contributed by atoms with van der Waals surface area (Å²) in [7, 11) is 0. The molecule has 0 aliphatic heterocycles. The maximum atomic E-state index is 12.5. The predicted molar refractivity (Wildman–Crippen MR) is 99.7 cm³/mol. The number of hydrogen-bond acceptors (Lipinski definition) is 4. The van der Waals surface area contributed by atoms with Crippen LogP contribution in [0.2, 0.25) is 0 Å². The molecule has 2 N–H and O–H groups in total. The lowest BCUT2D eigenvalue weighted by molar-refractivity contribution is -0.117. The number of H-pyrrole nitrogens is 1. The van der Waals surface area contributed by atoms with E-state index in [1.807, 2.05) is 13.0 Å². The van der Waals surface area contributed by atoms with Crippen LogP contribution in [0.3, 0.4) is 0 Å². The SMILES string of the molecule is CCCOc1ccccc1NC(=O)Cn1[nH]c(=O)c2ccccc2c1=O. The highest BCUT2D eigenvalue weighted by Gasteiger charge is 2.12. The number of aromatic nitrogens is 2. The topological polar surface area (TPSA) is 93.2 Å². The maximum Gasteiger partial charge on any atom is 0.273 e. The molecule has 7 heteroatoms. The van der Waals surface area contributed by atoms with E-state index < -0.39 is 17.0 Å². The van der Waals surface area contributed by atoms with Crippen molar-refractivity contribution in [2.24, 2.45) is 0 Å². The Hall–Kier alpha value is -3.35. The molecule has 1 amide bonds. The number of carbonyl (C=O) groups excluding carboxylic acids is 1. The van der Waals surface area contributed by atoms with Gasteiger partial charge in [0, 0.05) is 0 Å². The van der Waals surface area contributed by atoms with Crippen molar-refractivity contribution < 1.29 is 9.53 Å². The van der Waals surface area contributed by atoms with Gasteiger partial charge in [-0.05, 0) is 30.7 Å². The zero-order chi connectivity index (χ0) is 18.5. The minimum Gasteiger partial charge on any atom is -0.491 e. The molecule has 26 heavy (non-hydrogen) atoms. The maximum absolute atomic E-state index is 12.5. The molecule has 1 heterocycles. The van der Waals surface area contributed by atoms with Gasteiger partial charge >= 0.3 is 0 Å². The summed E-state index contributed by atoms with van der Waals surface area (Å²) in [6, 6.07) is 13.6. The number of nitrogens with one attached hydrogen (secondary N) is 2. The van der Waals surface area contributed by atoms with Crippen LogP contribution in [-0.4, -0.2) is 22.3 Å². The van der Waals surface area contributed by atoms with Crippen LogP contribution >= 0.6 is 0 Å². The van der Waals surface area contributed by atoms with Gasteiger partial charge in [-0.3, -0.25) is 19.5 Å². The first-order valence-electron chi connectivity index (χ1n) is 8.33. The molecule has 0 saturated heterocycles. The number of amides is 1. The van der Waals surface area contributed by atoms with E-state index in [1.165, 1.54) is 0 Å². The molecule has 0 radical (unpaired) electrons. The number of para-hydroxylation sites is 2.